The van der Waals surface area contributed by atoms with Crippen molar-refractivity contribution in [3.63, 3.8) is 0 Å². The predicted molar refractivity (Wildman–Crippen MR) is 132 cm³/mol. The molecule has 0 aliphatic heterocycles. The summed E-state index contributed by atoms with van der Waals surface area (Å²) in [6.07, 6.45) is 3.31. The van der Waals surface area contributed by atoms with Crippen LogP contribution in [0.3, 0.4) is 0 Å². The molecular weight excluding hydrogens is 376 g/mol. The molecule has 2 nitrogen and oxygen atoms in total. The van der Waals surface area contributed by atoms with Crippen LogP contribution in [0.4, 0.5) is 0 Å². The molecule has 3 aromatic heterocycles. The normalized spacial score (nSPS) is 13.0. The van der Waals surface area contributed by atoms with E-state index >= 15 is 0 Å². The zero-order valence-electron chi connectivity index (χ0n) is 19.3. The highest BCUT2D eigenvalue weighted by atomic mass is 15.0. The summed E-state index contributed by atoms with van der Waals surface area (Å²) in [6.45, 7) is 11.6. The van der Waals surface area contributed by atoms with Gasteiger partial charge in [-0.05, 0) is 59.9 Å². The summed E-state index contributed by atoms with van der Waals surface area (Å²) in [5.41, 5.74) is 9.77. The van der Waals surface area contributed by atoms with Gasteiger partial charge in [0, 0.05) is 16.8 Å². The van der Waals surface area contributed by atoms with Crippen molar-refractivity contribution < 1.29 is 4.57 Å². The highest BCUT2D eigenvalue weighted by Gasteiger charge is 2.25. The van der Waals surface area contributed by atoms with E-state index in [1.807, 2.05) is 0 Å². The minimum atomic E-state index is 0.241. The summed E-state index contributed by atoms with van der Waals surface area (Å²) in [7, 11) is 2.19. The van der Waals surface area contributed by atoms with Gasteiger partial charge in [-0.2, -0.15) is 0 Å². The molecule has 6 aromatic rings. The van der Waals surface area contributed by atoms with Gasteiger partial charge >= 0.3 is 0 Å². The molecule has 3 heterocycles. The smallest absolute Gasteiger partial charge is 0.224 e. The van der Waals surface area contributed by atoms with Crippen molar-refractivity contribution in [3.05, 3.63) is 71.4 Å². The van der Waals surface area contributed by atoms with Crippen molar-refractivity contribution in [2.24, 2.45) is 12.5 Å². The Hall–Kier alpha value is -3.13. The number of para-hydroxylation sites is 1. The second-order valence-corrected chi connectivity index (χ2v) is 10.5. The lowest BCUT2D eigenvalue weighted by Crippen LogP contribution is -2.29. The van der Waals surface area contributed by atoms with Crippen LogP contribution in [0.15, 0.2) is 54.7 Å². The number of pyridine rings is 2. The standard InChI is InChI=1S/C29H29N2/c1-17-11-12-22-21-9-7-8-10-23(21)31-24-15-19(16-29(3,4)5)18(2)20-13-14-30(6)28(26(20)24)25(17)27(22)31/h7-15H,16H2,1-6H3/q+1. The number of hydrogen-bond donors (Lipinski definition) is 0. The molecule has 0 saturated carbocycles. The fourth-order valence-corrected chi connectivity index (χ4v) is 5.68. The molecule has 0 unspecified atom stereocenters. The van der Waals surface area contributed by atoms with E-state index in [1.165, 1.54) is 65.7 Å². The molecule has 0 saturated heterocycles. The second kappa shape index (κ2) is 5.97. The monoisotopic (exact) mass is 405 g/mol. The molecule has 0 atom stereocenters. The molecule has 0 radical (unpaired) electrons. The van der Waals surface area contributed by atoms with E-state index in [4.69, 9.17) is 0 Å². The molecule has 0 spiro atoms. The maximum absolute atomic E-state index is 2.54. The minimum absolute atomic E-state index is 0.241. The zero-order chi connectivity index (χ0) is 21.7. The van der Waals surface area contributed by atoms with Gasteiger partial charge in [-0.15, -0.1) is 0 Å². The summed E-state index contributed by atoms with van der Waals surface area (Å²) in [4.78, 5) is 0. The topological polar surface area (TPSA) is 8.29 Å². The summed E-state index contributed by atoms with van der Waals surface area (Å²) < 4.78 is 4.85. The van der Waals surface area contributed by atoms with Crippen LogP contribution in [-0.2, 0) is 13.5 Å². The number of nitrogens with zero attached hydrogens (tertiary/aromatic N) is 2. The van der Waals surface area contributed by atoms with Gasteiger partial charge in [0.1, 0.15) is 7.05 Å². The largest absolute Gasteiger partial charge is 0.307 e. The first-order chi connectivity index (χ1) is 14.8. The molecule has 0 amide bonds. The minimum Gasteiger partial charge on any atom is -0.307 e. The molecule has 2 heteroatoms. The molecular formula is C29H29N2+. The number of hydrogen-bond acceptors (Lipinski definition) is 0. The SMILES string of the molecule is Cc1c(CC(C)(C)C)cc2c3c1cc[n+](C)c3c1c(C)ccc3c4ccccc4n2c31. The predicted octanol–water partition coefficient (Wildman–Crippen LogP) is 7.02. The van der Waals surface area contributed by atoms with Crippen molar-refractivity contribution in [3.8, 4) is 0 Å². The van der Waals surface area contributed by atoms with Gasteiger partial charge in [-0.1, -0.05) is 51.1 Å². The van der Waals surface area contributed by atoms with Crippen LogP contribution in [0, 0.1) is 19.3 Å². The van der Waals surface area contributed by atoms with Crippen LogP contribution in [0.25, 0.3) is 49.0 Å². The summed E-state index contributed by atoms with van der Waals surface area (Å²) in [6, 6.07) is 18.3. The summed E-state index contributed by atoms with van der Waals surface area (Å²) >= 11 is 0. The highest BCUT2D eigenvalue weighted by Crippen LogP contribution is 2.42. The Morgan fingerprint density at radius 1 is 0.839 bits per heavy atom. The molecule has 0 aliphatic carbocycles. The van der Waals surface area contributed by atoms with E-state index in [9.17, 15) is 0 Å². The Morgan fingerprint density at radius 2 is 1.61 bits per heavy atom. The van der Waals surface area contributed by atoms with Gasteiger partial charge in [0.2, 0.25) is 5.52 Å². The van der Waals surface area contributed by atoms with Crippen molar-refractivity contribution >= 4 is 49.0 Å². The van der Waals surface area contributed by atoms with Gasteiger partial charge in [0.15, 0.2) is 6.20 Å². The average Bonchev–Trinajstić information content (AvgIpc) is 3.05. The molecule has 0 aliphatic rings. The van der Waals surface area contributed by atoms with Gasteiger partial charge < -0.3 is 4.40 Å². The zero-order valence-corrected chi connectivity index (χ0v) is 19.3. The third kappa shape index (κ3) is 2.42. The van der Waals surface area contributed by atoms with Crippen LogP contribution in [0.5, 0.6) is 0 Å². The van der Waals surface area contributed by atoms with Gasteiger partial charge in [-0.3, -0.25) is 0 Å². The molecule has 6 rings (SSSR count). The van der Waals surface area contributed by atoms with Crippen molar-refractivity contribution in [2.75, 3.05) is 0 Å². The third-order valence-electron chi connectivity index (χ3n) is 7.02. The fourth-order valence-electron chi connectivity index (χ4n) is 5.68. The van der Waals surface area contributed by atoms with Gasteiger partial charge in [0.05, 0.1) is 27.3 Å². The van der Waals surface area contributed by atoms with E-state index in [0.29, 0.717) is 0 Å². The molecule has 0 N–H and O–H groups in total. The Balaban J connectivity index is 2.00. The summed E-state index contributed by atoms with van der Waals surface area (Å²) in [5, 5.41) is 6.81. The number of benzene rings is 3. The number of aromatic nitrogens is 2. The summed E-state index contributed by atoms with van der Waals surface area (Å²) in [5.74, 6) is 0. The third-order valence-corrected chi connectivity index (χ3v) is 7.02. The van der Waals surface area contributed by atoms with Crippen LogP contribution in [-0.4, -0.2) is 4.40 Å². The van der Waals surface area contributed by atoms with E-state index in [-0.39, 0.29) is 5.41 Å². The Kier molecular flexibility index (Phi) is 3.59. The average molecular weight is 406 g/mol. The fraction of sp³-hybridized carbons (Fsp3) is 0.276. The van der Waals surface area contributed by atoms with Crippen molar-refractivity contribution in [1.29, 1.82) is 0 Å². The Bertz CT molecular complexity index is 1660. The van der Waals surface area contributed by atoms with Crippen LogP contribution < -0.4 is 4.57 Å². The number of rotatable bonds is 1. The van der Waals surface area contributed by atoms with Crippen molar-refractivity contribution in [1.82, 2.24) is 4.40 Å². The molecule has 0 fully saturated rings. The molecule has 31 heavy (non-hydrogen) atoms. The lowest BCUT2D eigenvalue weighted by atomic mass is 9.84. The first-order valence-corrected chi connectivity index (χ1v) is 11.2. The molecule has 154 valence electrons. The highest BCUT2D eigenvalue weighted by molar-refractivity contribution is 6.26. The van der Waals surface area contributed by atoms with Gasteiger partial charge in [-0.25, -0.2) is 4.57 Å². The van der Waals surface area contributed by atoms with Gasteiger partial charge in [0.25, 0.3) is 0 Å². The number of aryl methyl sites for hydroxylation is 3. The second-order valence-electron chi connectivity index (χ2n) is 10.5. The molecule has 0 bridgehead atoms. The van der Waals surface area contributed by atoms with E-state index < -0.39 is 0 Å². The quantitative estimate of drug-likeness (QED) is 0.158. The number of fused-ring (bicyclic) bond motifs is 5. The first-order valence-electron chi connectivity index (χ1n) is 11.2. The molecule has 3 aromatic carbocycles. The van der Waals surface area contributed by atoms with Crippen LogP contribution in [0.2, 0.25) is 0 Å². The van der Waals surface area contributed by atoms with E-state index in [1.54, 1.807) is 0 Å². The lowest BCUT2D eigenvalue weighted by Gasteiger charge is -2.22. The Labute approximate surface area is 183 Å². The maximum atomic E-state index is 2.54. The van der Waals surface area contributed by atoms with E-state index in [2.05, 4.69) is 105 Å². The lowest BCUT2D eigenvalue weighted by molar-refractivity contribution is -0.643. The maximum Gasteiger partial charge on any atom is 0.224 e. The van der Waals surface area contributed by atoms with E-state index in [0.717, 1.165) is 6.42 Å². The Morgan fingerprint density at radius 3 is 2.39 bits per heavy atom. The van der Waals surface area contributed by atoms with Crippen LogP contribution >= 0.6 is 0 Å². The first kappa shape index (κ1) is 18.6. The van der Waals surface area contributed by atoms with Crippen molar-refractivity contribution in [2.45, 2.75) is 41.0 Å². The van der Waals surface area contributed by atoms with Crippen LogP contribution in [0.1, 0.15) is 37.5 Å².